The van der Waals surface area contributed by atoms with Crippen LogP contribution in [-0.2, 0) is 13.1 Å². The molecule has 2 aromatic heterocycles. The van der Waals surface area contributed by atoms with Crippen LogP contribution >= 0.6 is 11.8 Å². The van der Waals surface area contributed by atoms with E-state index in [1.807, 2.05) is 38.6 Å². The summed E-state index contributed by atoms with van der Waals surface area (Å²) in [4.78, 5) is 14.1. The second-order valence-electron chi connectivity index (χ2n) is 8.29. The van der Waals surface area contributed by atoms with E-state index < -0.39 is 0 Å². The number of thioether (sulfide) groups is 1. The van der Waals surface area contributed by atoms with E-state index >= 15 is 0 Å². The van der Waals surface area contributed by atoms with Crippen LogP contribution in [-0.4, -0.2) is 72.0 Å². The number of aromatic nitrogens is 4. The van der Waals surface area contributed by atoms with E-state index in [0.717, 1.165) is 49.3 Å². The molecular weight excluding hydrogens is 482 g/mol. The van der Waals surface area contributed by atoms with Crippen LogP contribution in [0.2, 0.25) is 0 Å². The molecule has 0 spiro atoms. The Bertz CT molecular complexity index is 726. The van der Waals surface area contributed by atoms with Crippen molar-refractivity contribution < 1.29 is 0 Å². The number of aromatic amines is 2. The number of hydrogen-bond acceptors (Lipinski definition) is 8. The lowest BCUT2D eigenvalue weighted by atomic mass is 10.00. The number of likely N-dealkylation sites (N-methyl/N-ethyl adjacent to an activating group) is 1. The lowest BCUT2D eigenvalue weighted by Gasteiger charge is -2.20. The van der Waals surface area contributed by atoms with Gasteiger partial charge in [0.15, 0.2) is 5.16 Å². The standard InChI is InChI=1S/C8H15N.C6H11N3S.C5H9N3.C5H12N2.3CH4/c1-9-7-8-5-3-2-4-6-8;1-7-3-5-4-8-6(9-5)10-2;1-6-2-5-3-7-4-8-5;6-7-4-2-1-3-5-7;;;/h5,9H,2-4,6-7H2,1H3;4,7H,3H2,1-2H3,(H,8,9);3-4,6H,2H2,1H3,(H,7,8);1-6H2;3*1H4. The Kier molecular flexibility index (Phi) is 29.4. The van der Waals surface area contributed by atoms with Gasteiger partial charge in [0.25, 0.3) is 0 Å². The highest BCUT2D eigenvalue weighted by molar-refractivity contribution is 7.98. The van der Waals surface area contributed by atoms with E-state index in [0.29, 0.717) is 0 Å². The fourth-order valence-corrected chi connectivity index (χ4v) is 3.90. The summed E-state index contributed by atoms with van der Waals surface area (Å²) >= 11 is 1.62. The predicted molar refractivity (Wildman–Crippen MR) is 165 cm³/mol. The first-order valence-electron chi connectivity index (χ1n) is 12.3. The van der Waals surface area contributed by atoms with Crippen LogP contribution in [0, 0.1) is 0 Å². The normalized spacial score (nSPS) is 14.4. The molecule has 37 heavy (non-hydrogen) atoms. The maximum Gasteiger partial charge on any atom is 0.165 e. The van der Waals surface area contributed by atoms with Gasteiger partial charge in [-0.05, 0) is 65.9 Å². The maximum atomic E-state index is 5.47. The first kappa shape index (κ1) is 39.8. The van der Waals surface area contributed by atoms with Gasteiger partial charge in [-0.3, -0.25) is 5.84 Å². The molecule has 4 rings (SSSR count). The molecule has 0 aromatic carbocycles. The fraction of sp³-hybridized carbons (Fsp3) is 0.704. The van der Waals surface area contributed by atoms with Crippen LogP contribution in [0.5, 0.6) is 0 Å². The Morgan fingerprint density at radius 3 is 1.97 bits per heavy atom. The van der Waals surface area contributed by atoms with Gasteiger partial charge in [0.1, 0.15) is 0 Å². The number of nitrogens with two attached hydrogens (primary N) is 1. The van der Waals surface area contributed by atoms with Gasteiger partial charge < -0.3 is 25.9 Å². The molecule has 1 saturated heterocycles. The minimum atomic E-state index is 0. The van der Waals surface area contributed by atoms with Gasteiger partial charge in [-0.15, -0.1) is 0 Å². The summed E-state index contributed by atoms with van der Waals surface area (Å²) in [5, 5.41) is 12.1. The third-order valence-corrected chi connectivity index (χ3v) is 5.86. The minimum Gasteiger partial charge on any atom is -0.347 e. The van der Waals surface area contributed by atoms with E-state index in [-0.39, 0.29) is 22.3 Å². The summed E-state index contributed by atoms with van der Waals surface area (Å²) in [6.45, 7) is 5.01. The number of H-pyrrole nitrogens is 2. The maximum absolute atomic E-state index is 5.47. The van der Waals surface area contributed by atoms with Crippen molar-refractivity contribution in [1.82, 2.24) is 40.9 Å². The van der Waals surface area contributed by atoms with E-state index in [2.05, 4.69) is 42.0 Å². The number of imidazole rings is 2. The topological polar surface area (TPSA) is 123 Å². The number of hydrogen-bond donors (Lipinski definition) is 6. The summed E-state index contributed by atoms with van der Waals surface area (Å²) in [7, 11) is 5.83. The van der Waals surface area contributed by atoms with Gasteiger partial charge >= 0.3 is 0 Å². The Labute approximate surface area is 232 Å². The average molecular weight is 542 g/mol. The van der Waals surface area contributed by atoms with Crippen LogP contribution in [0.1, 0.15) is 78.6 Å². The van der Waals surface area contributed by atoms with Crippen molar-refractivity contribution in [3.63, 3.8) is 0 Å². The van der Waals surface area contributed by atoms with Crippen LogP contribution in [0.3, 0.4) is 0 Å². The smallest absolute Gasteiger partial charge is 0.165 e. The highest BCUT2D eigenvalue weighted by Crippen LogP contribution is 2.15. The van der Waals surface area contributed by atoms with Gasteiger partial charge in [-0.25, -0.2) is 15.0 Å². The second kappa shape index (κ2) is 27.3. The summed E-state index contributed by atoms with van der Waals surface area (Å²) in [6, 6.07) is 0. The van der Waals surface area contributed by atoms with Gasteiger partial charge in [-0.1, -0.05) is 52.1 Å². The third kappa shape index (κ3) is 21.0. The van der Waals surface area contributed by atoms with E-state index in [1.165, 1.54) is 44.9 Å². The largest absolute Gasteiger partial charge is 0.347 e. The molecule has 7 N–H and O–H groups in total. The second-order valence-corrected chi connectivity index (χ2v) is 9.09. The summed E-state index contributed by atoms with van der Waals surface area (Å²) in [6.07, 6.45) is 19.1. The van der Waals surface area contributed by atoms with Crippen molar-refractivity contribution in [2.24, 2.45) is 5.84 Å². The molecule has 2 aromatic rings. The monoisotopic (exact) mass is 541 g/mol. The molecule has 0 bridgehead atoms. The van der Waals surface area contributed by atoms with Crippen molar-refractivity contribution in [3.8, 4) is 0 Å². The van der Waals surface area contributed by atoms with Crippen LogP contribution in [0.15, 0.2) is 35.5 Å². The third-order valence-electron chi connectivity index (χ3n) is 5.27. The van der Waals surface area contributed by atoms with Gasteiger partial charge in [0.05, 0.1) is 12.5 Å². The molecule has 0 unspecified atom stereocenters. The molecule has 2 aliphatic rings. The number of hydrazine groups is 1. The lowest BCUT2D eigenvalue weighted by Crippen LogP contribution is -2.35. The molecule has 1 fully saturated rings. The van der Waals surface area contributed by atoms with Crippen molar-refractivity contribution in [2.75, 3.05) is 47.0 Å². The number of nitrogens with zero attached hydrogens (tertiary/aromatic N) is 3. The molecule has 0 saturated carbocycles. The Morgan fingerprint density at radius 2 is 1.54 bits per heavy atom. The van der Waals surface area contributed by atoms with Crippen molar-refractivity contribution in [2.45, 2.75) is 85.5 Å². The SMILES string of the molecule is C.C.C.CNCC1=CCCCC1.CNCc1cnc(SC)[nH]1.CNCc1cnc[nH]1.NN1CCCCC1. The number of rotatable bonds is 7. The lowest BCUT2D eigenvalue weighted by molar-refractivity contribution is 0.235. The molecular formula is C27H59N9S. The number of nitrogens with one attached hydrogen (secondary N) is 5. The molecule has 3 heterocycles. The molecule has 0 atom stereocenters. The van der Waals surface area contributed by atoms with Crippen molar-refractivity contribution in [3.05, 3.63) is 41.8 Å². The molecule has 1 aliphatic heterocycles. The average Bonchev–Trinajstić information content (AvgIpc) is 3.55. The van der Waals surface area contributed by atoms with Gasteiger partial charge in [0, 0.05) is 50.3 Å². The minimum absolute atomic E-state index is 0. The van der Waals surface area contributed by atoms with E-state index in [1.54, 1.807) is 29.9 Å². The van der Waals surface area contributed by atoms with E-state index in [4.69, 9.17) is 5.84 Å². The molecule has 218 valence electrons. The summed E-state index contributed by atoms with van der Waals surface area (Å²) < 4.78 is 0. The zero-order valence-corrected chi connectivity index (χ0v) is 22.4. The quantitative estimate of drug-likeness (QED) is 0.166. The van der Waals surface area contributed by atoms with Crippen LogP contribution < -0.4 is 21.8 Å². The first-order chi connectivity index (χ1) is 16.6. The van der Waals surface area contributed by atoms with Gasteiger partial charge in [0.2, 0.25) is 0 Å². The van der Waals surface area contributed by atoms with Crippen LogP contribution in [0.25, 0.3) is 0 Å². The molecule has 1 aliphatic carbocycles. The van der Waals surface area contributed by atoms with E-state index in [9.17, 15) is 0 Å². The Balaban J connectivity index is -0.000000408. The Hall–Kier alpha value is -1.69. The highest BCUT2D eigenvalue weighted by atomic mass is 32.2. The molecule has 9 nitrogen and oxygen atoms in total. The van der Waals surface area contributed by atoms with Gasteiger partial charge in [-0.2, -0.15) is 0 Å². The number of allylic oxidation sites excluding steroid dienone is 1. The zero-order valence-electron chi connectivity index (χ0n) is 21.6. The zero-order chi connectivity index (χ0) is 24.9. The predicted octanol–water partition coefficient (Wildman–Crippen LogP) is 4.94. The van der Waals surface area contributed by atoms with Crippen LogP contribution in [0.4, 0.5) is 0 Å². The summed E-state index contributed by atoms with van der Waals surface area (Å²) in [5.74, 6) is 5.47. The summed E-state index contributed by atoms with van der Waals surface area (Å²) in [5.41, 5.74) is 3.85. The Morgan fingerprint density at radius 1 is 0.892 bits per heavy atom. The molecule has 0 amide bonds. The molecule has 10 heteroatoms. The van der Waals surface area contributed by atoms with Crippen molar-refractivity contribution in [1.29, 1.82) is 0 Å². The number of piperidine rings is 1. The van der Waals surface area contributed by atoms with Crippen molar-refractivity contribution >= 4 is 11.8 Å². The first-order valence-corrected chi connectivity index (χ1v) is 13.5. The fourth-order valence-electron chi connectivity index (χ4n) is 3.50. The highest BCUT2D eigenvalue weighted by Gasteiger charge is 2.03. The molecule has 0 radical (unpaired) electrons.